The highest BCUT2D eigenvalue weighted by Gasteiger charge is 2.12. The van der Waals surface area contributed by atoms with Crippen LogP contribution in [-0.2, 0) is 0 Å². The third-order valence-corrected chi connectivity index (χ3v) is 3.94. The molecule has 0 bridgehead atoms. The highest BCUT2D eigenvalue weighted by atomic mass is 79.9. The van der Waals surface area contributed by atoms with Crippen molar-refractivity contribution in [1.29, 1.82) is 0 Å². The summed E-state index contributed by atoms with van der Waals surface area (Å²) in [6, 6.07) is 13.5. The zero-order chi connectivity index (χ0) is 16.4. The molecule has 116 valence electrons. The fraction of sp³-hybridized carbons (Fsp3) is 0.0588. The number of nitrogens with zero attached hydrogens (tertiary/aromatic N) is 1. The number of nitrogens with one attached hydrogen (secondary N) is 2. The summed E-state index contributed by atoms with van der Waals surface area (Å²) < 4.78 is 14.3. The van der Waals surface area contributed by atoms with Crippen molar-refractivity contribution in [3.63, 3.8) is 0 Å². The third kappa shape index (κ3) is 3.48. The summed E-state index contributed by atoms with van der Waals surface area (Å²) in [4.78, 5) is 12.3. The number of hydrogen-bond acceptors (Lipinski definition) is 2. The zero-order valence-corrected chi connectivity index (χ0v) is 13.8. The van der Waals surface area contributed by atoms with Gasteiger partial charge in [0.2, 0.25) is 0 Å². The number of rotatable bonds is 3. The highest BCUT2D eigenvalue weighted by Crippen LogP contribution is 2.21. The number of aromatic amines is 1. The van der Waals surface area contributed by atoms with Crippen LogP contribution < -0.4 is 5.32 Å². The van der Waals surface area contributed by atoms with Crippen molar-refractivity contribution in [3.05, 3.63) is 70.1 Å². The van der Waals surface area contributed by atoms with Gasteiger partial charge in [-0.1, -0.05) is 34.1 Å². The largest absolute Gasteiger partial charge is 0.320 e. The minimum atomic E-state index is -0.397. The maximum absolute atomic E-state index is 13.3. The molecule has 0 spiro atoms. The maximum atomic E-state index is 13.3. The lowest BCUT2D eigenvalue weighted by molar-refractivity contribution is 0.102. The molecule has 0 aliphatic rings. The van der Waals surface area contributed by atoms with Gasteiger partial charge in [-0.2, -0.15) is 5.10 Å². The Morgan fingerprint density at radius 2 is 1.91 bits per heavy atom. The van der Waals surface area contributed by atoms with E-state index in [1.165, 1.54) is 12.1 Å². The van der Waals surface area contributed by atoms with Crippen LogP contribution in [0.3, 0.4) is 0 Å². The van der Waals surface area contributed by atoms with Crippen molar-refractivity contribution in [3.8, 4) is 11.3 Å². The highest BCUT2D eigenvalue weighted by molar-refractivity contribution is 9.10. The van der Waals surface area contributed by atoms with E-state index in [0.717, 1.165) is 15.6 Å². The summed E-state index contributed by atoms with van der Waals surface area (Å²) >= 11 is 3.37. The number of halogens is 2. The molecule has 23 heavy (non-hydrogen) atoms. The standard InChI is InChI=1S/C17H13BrFN3O/c1-10-2-7-13(19)8-14(10)20-17(23)16-9-15(21-22-16)11-3-5-12(18)6-4-11/h2-9H,1H3,(H,20,23)(H,21,22). The summed E-state index contributed by atoms with van der Waals surface area (Å²) in [5.74, 6) is -0.763. The Morgan fingerprint density at radius 1 is 1.17 bits per heavy atom. The average Bonchev–Trinajstić information content (AvgIpc) is 3.02. The number of amides is 1. The van der Waals surface area contributed by atoms with Crippen molar-refractivity contribution in [1.82, 2.24) is 10.2 Å². The Labute approximate surface area is 140 Å². The molecule has 0 radical (unpaired) electrons. The molecule has 0 saturated heterocycles. The van der Waals surface area contributed by atoms with Crippen LogP contribution in [0.2, 0.25) is 0 Å². The Kier molecular flexibility index (Phi) is 4.25. The molecule has 0 saturated carbocycles. The van der Waals surface area contributed by atoms with Crippen LogP contribution >= 0.6 is 15.9 Å². The predicted octanol–water partition coefficient (Wildman–Crippen LogP) is 4.54. The molecule has 3 rings (SSSR count). The van der Waals surface area contributed by atoms with E-state index in [1.54, 1.807) is 19.1 Å². The van der Waals surface area contributed by atoms with Gasteiger partial charge in [-0.15, -0.1) is 0 Å². The molecule has 0 aliphatic carbocycles. The second kappa shape index (κ2) is 6.34. The summed E-state index contributed by atoms with van der Waals surface area (Å²) in [5.41, 5.74) is 3.10. The smallest absolute Gasteiger partial charge is 0.273 e. The fourth-order valence-corrected chi connectivity index (χ4v) is 2.39. The number of H-pyrrole nitrogens is 1. The first kappa shape index (κ1) is 15.4. The molecule has 1 aromatic heterocycles. The minimum absolute atomic E-state index is 0.312. The topological polar surface area (TPSA) is 57.8 Å². The lowest BCUT2D eigenvalue weighted by Crippen LogP contribution is -2.13. The molecule has 6 heteroatoms. The Balaban J connectivity index is 1.81. The number of benzene rings is 2. The van der Waals surface area contributed by atoms with Crippen molar-refractivity contribution < 1.29 is 9.18 Å². The number of aryl methyl sites for hydroxylation is 1. The number of anilines is 1. The van der Waals surface area contributed by atoms with Crippen LogP contribution in [0.1, 0.15) is 16.1 Å². The van der Waals surface area contributed by atoms with E-state index in [-0.39, 0.29) is 5.91 Å². The van der Waals surface area contributed by atoms with Crippen molar-refractivity contribution in [2.45, 2.75) is 6.92 Å². The molecule has 0 atom stereocenters. The Morgan fingerprint density at radius 3 is 2.65 bits per heavy atom. The SMILES string of the molecule is Cc1ccc(F)cc1NC(=O)c1cc(-c2ccc(Br)cc2)n[nH]1. The third-order valence-electron chi connectivity index (χ3n) is 3.41. The normalized spacial score (nSPS) is 10.6. The van der Waals surface area contributed by atoms with Gasteiger partial charge in [0, 0.05) is 15.7 Å². The lowest BCUT2D eigenvalue weighted by Gasteiger charge is -2.06. The van der Waals surface area contributed by atoms with E-state index in [1.807, 2.05) is 24.3 Å². The first-order chi connectivity index (χ1) is 11.0. The average molecular weight is 374 g/mol. The van der Waals surface area contributed by atoms with Gasteiger partial charge in [0.25, 0.3) is 5.91 Å². The Hall–Kier alpha value is -2.47. The fourth-order valence-electron chi connectivity index (χ4n) is 2.13. The van der Waals surface area contributed by atoms with E-state index in [4.69, 9.17) is 0 Å². The summed E-state index contributed by atoms with van der Waals surface area (Å²) in [6.45, 7) is 1.80. The van der Waals surface area contributed by atoms with Gasteiger partial charge in [0.05, 0.1) is 5.69 Å². The quantitative estimate of drug-likeness (QED) is 0.707. The maximum Gasteiger partial charge on any atom is 0.273 e. The van der Waals surface area contributed by atoms with E-state index in [9.17, 15) is 9.18 Å². The summed E-state index contributed by atoms with van der Waals surface area (Å²) in [7, 11) is 0. The van der Waals surface area contributed by atoms with E-state index >= 15 is 0 Å². The van der Waals surface area contributed by atoms with Crippen LogP contribution in [0.5, 0.6) is 0 Å². The van der Waals surface area contributed by atoms with Gasteiger partial charge in [-0.3, -0.25) is 9.89 Å². The number of carbonyl (C=O) groups excluding carboxylic acids is 1. The molecule has 4 nitrogen and oxygen atoms in total. The minimum Gasteiger partial charge on any atom is -0.320 e. The molecule has 1 amide bonds. The predicted molar refractivity (Wildman–Crippen MR) is 90.8 cm³/mol. The van der Waals surface area contributed by atoms with Gasteiger partial charge in [-0.25, -0.2) is 4.39 Å². The zero-order valence-electron chi connectivity index (χ0n) is 12.2. The molecule has 0 fully saturated rings. The molecule has 2 aromatic carbocycles. The molecule has 0 unspecified atom stereocenters. The van der Waals surface area contributed by atoms with E-state index in [2.05, 4.69) is 31.4 Å². The number of carbonyl (C=O) groups is 1. The van der Waals surface area contributed by atoms with Crippen LogP contribution in [0.15, 0.2) is 53.0 Å². The van der Waals surface area contributed by atoms with E-state index < -0.39 is 5.82 Å². The van der Waals surface area contributed by atoms with Gasteiger partial charge in [0.1, 0.15) is 11.5 Å². The molecule has 0 aliphatic heterocycles. The van der Waals surface area contributed by atoms with Crippen molar-refractivity contribution >= 4 is 27.5 Å². The van der Waals surface area contributed by atoms with E-state index in [0.29, 0.717) is 17.1 Å². The monoisotopic (exact) mass is 373 g/mol. The van der Waals surface area contributed by atoms with Crippen LogP contribution in [0.25, 0.3) is 11.3 Å². The van der Waals surface area contributed by atoms with Crippen LogP contribution in [0.4, 0.5) is 10.1 Å². The second-order valence-corrected chi connectivity index (χ2v) is 6.00. The summed E-state index contributed by atoms with van der Waals surface area (Å²) in [5, 5.41) is 9.53. The first-order valence-electron chi connectivity index (χ1n) is 6.92. The number of hydrogen-bond donors (Lipinski definition) is 2. The molecular formula is C17H13BrFN3O. The first-order valence-corrected chi connectivity index (χ1v) is 7.71. The van der Waals surface area contributed by atoms with Crippen molar-refractivity contribution in [2.24, 2.45) is 0 Å². The molecule has 1 heterocycles. The second-order valence-electron chi connectivity index (χ2n) is 5.09. The van der Waals surface area contributed by atoms with Gasteiger partial charge in [-0.05, 0) is 42.8 Å². The van der Waals surface area contributed by atoms with Gasteiger partial charge >= 0.3 is 0 Å². The summed E-state index contributed by atoms with van der Waals surface area (Å²) in [6.07, 6.45) is 0. The Bertz CT molecular complexity index is 859. The van der Waals surface area contributed by atoms with Gasteiger partial charge in [0.15, 0.2) is 0 Å². The number of aromatic nitrogens is 2. The van der Waals surface area contributed by atoms with Crippen LogP contribution in [-0.4, -0.2) is 16.1 Å². The van der Waals surface area contributed by atoms with Crippen molar-refractivity contribution in [2.75, 3.05) is 5.32 Å². The molecular weight excluding hydrogens is 361 g/mol. The molecule has 3 aromatic rings. The van der Waals surface area contributed by atoms with Crippen LogP contribution in [0, 0.1) is 12.7 Å². The lowest BCUT2D eigenvalue weighted by atomic mass is 10.1. The van der Waals surface area contributed by atoms with Gasteiger partial charge < -0.3 is 5.32 Å². The molecule has 2 N–H and O–H groups in total.